The summed E-state index contributed by atoms with van der Waals surface area (Å²) >= 11 is 1.33. The summed E-state index contributed by atoms with van der Waals surface area (Å²) in [5, 5.41) is 11.8. The van der Waals surface area contributed by atoms with Crippen molar-refractivity contribution in [1.82, 2.24) is 15.1 Å². The van der Waals surface area contributed by atoms with Crippen LogP contribution in [0.3, 0.4) is 0 Å². The first-order chi connectivity index (χ1) is 13.8. The van der Waals surface area contributed by atoms with Crippen molar-refractivity contribution in [3.63, 3.8) is 0 Å². The molecule has 0 aromatic heterocycles. The van der Waals surface area contributed by atoms with Crippen LogP contribution in [0.1, 0.15) is 5.56 Å². The molecule has 2 aliphatic rings. The second-order valence-electron chi connectivity index (χ2n) is 6.82. The van der Waals surface area contributed by atoms with E-state index in [4.69, 9.17) is 4.74 Å². The molecule has 3 rings (SSSR count). The van der Waals surface area contributed by atoms with Gasteiger partial charge in [0.2, 0.25) is 5.91 Å². The van der Waals surface area contributed by atoms with Gasteiger partial charge in [0.15, 0.2) is 0 Å². The predicted molar refractivity (Wildman–Crippen MR) is 105 cm³/mol. The first kappa shape index (κ1) is 20.7. The number of β-lactam (4-membered cyclic amide) rings is 1. The molecule has 1 fully saturated rings. The van der Waals surface area contributed by atoms with Gasteiger partial charge in [-0.2, -0.15) is 0 Å². The van der Waals surface area contributed by atoms with Crippen molar-refractivity contribution in [3.05, 3.63) is 47.2 Å². The SMILES string of the molecule is CN(C)C(=O)OCC1=C(C(=O)O)N2C(=O)C(NC(=O)Cc3ccccc3)[C@@H]2SC1. The fraction of sp³-hybridized carbons (Fsp3) is 0.368. The molecule has 1 aromatic rings. The summed E-state index contributed by atoms with van der Waals surface area (Å²) in [4.78, 5) is 50.6. The smallest absolute Gasteiger partial charge is 0.409 e. The Morgan fingerprint density at radius 2 is 1.97 bits per heavy atom. The van der Waals surface area contributed by atoms with E-state index in [1.807, 2.05) is 30.3 Å². The monoisotopic (exact) mass is 419 g/mol. The molecule has 29 heavy (non-hydrogen) atoms. The van der Waals surface area contributed by atoms with Crippen molar-refractivity contribution in [2.45, 2.75) is 17.8 Å². The summed E-state index contributed by atoms with van der Waals surface area (Å²) < 4.78 is 5.07. The Morgan fingerprint density at radius 1 is 1.28 bits per heavy atom. The predicted octanol–water partition coefficient (Wildman–Crippen LogP) is 0.666. The number of nitrogens with zero attached hydrogens (tertiary/aromatic N) is 2. The number of carboxylic acid groups (broad SMARTS) is 1. The minimum Gasteiger partial charge on any atom is -0.477 e. The van der Waals surface area contributed by atoms with Gasteiger partial charge in [-0.3, -0.25) is 14.5 Å². The highest BCUT2D eigenvalue weighted by Gasteiger charge is 2.54. The van der Waals surface area contributed by atoms with Crippen molar-refractivity contribution in [1.29, 1.82) is 0 Å². The molecule has 0 saturated carbocycles. The quantitative estimate of drug-likeness (QED) is 0.651. The highest BCUT2D eigenvalue weighted by atomic mass is 32.2. The maximum Gasteiger partial charge on any atom is 0.409 e. The molecule has 0 bridgehead atoms. The van der Waals surface area contributed by atoms with Gasteiger partial charge in [0.25, 0.3) is 5.91 Å². The molecule has 1 saturated heterocycles. The molecule has 0 radical (unpaired) electrons. The first-order valence-corrected chi connectivity index (χ1v) is 9.92. The van der Waals surface area contributed by atoms with E-state index >= 15 is 0 Å². The number of aliphatic carboxylic acids is 1. The highest BCUT2D eigenvalue weighted by Crippen LogP contribution is 2.40. The van der Waals surface area contributed by atoms with Crippen LogP contribution in [-0.2, 0) is 25.5 Å². The highest BCUT2D eigenvalue weighted by molar-refractivity contribution is 8.00. The second-order valence-corrected chi connectivity index (χ2v) is 7.93. The zero-order chi connectivity index (χ0) is 21.1. The standard InChI is InChI=1S/C19H21N3O6S/c1-21(2)19(27)28-9-12-10-29-17-14(16(24)22(17)15(12)18(25)26)20-13(23)8-11-6-4-3-5-7-11/h3-7,14,17H,8-10H2,1-2H3,(H,20,23)(H,25,26)/t14?,17-/m0/s1. The fourth-order valence-corrected chi connectivity index (χ4v) is 4.41. The number of thioether (sulfide) groups is 1. The summed E-state index contributed by atoms with van der Waals surface area (Å²) in [6, 6.07) is 8.35. The Morgan fingerprint density at radius 3 is 2.59 bits per heavy atom. The number of hydrogen-bond acceptors (Lipinski definition) is 6. The fourth-order valence-electron chi connectivity index (χ4n) is 3.08. The molecule has 2 heterocycles. The number of carbonyl (C=O) groups is 4. The van der Waals surface area contributed by atoms with Crippen LogP contribution in [0.5, 0.6) is 0 Å². The van der Waals surface area contributed by atoms with Crippen molar-refractivity contribution in [2.75, 3.05) is 26.5 Å². The van der Waals surface area contributed by atoms with Gasteiger partial charge in [0.05, 0.1) is 6.42 Å². The van der Waals surface area contributed by atoms with Gasteiger partial charge in [-0.15, -0.1) is 11.8 Å². The summed E-state index contributed by atoms with van der Waals surface area (Å²) in [6.07, 6.45) is -0.467. The van der Waals surface area contributed by atoms with E-state index < -0.39 is 29.4 Å². The van der Waals surface area contributed by atoms with Gasteiger partial charge in [-0.1, -0.05) is 30.3 Å². The number of rotatable bonds is 6. The Balaban J connectivity index is 1.67. The Labute approximate surface area is 171 Å². The number of carboxylic acids is 1. The Kier molecular flexibility index (Phi) is 6.12. The number of ether oxygens (including phenoxy) is 1. The van der Waals surface area contributed by atoms with E-state index in [1.165, 1.54) is 30.8 Å². The molecule has 1 unspecified atom stereocenters. The maximum atomic E-state index is 12.6. The van der Waals surface area contributed by atoms with E-state index in [1.54, 1.807) is 0 Å². The van der Waals surface area contributed by atoms with Crippen LogP contribution in [0.2, 0.25) is 0 Å². The van der Waals surface area contributed by atoms with Gasteiger partial charge in [0.1, 0.15) is 23.7 Å². The van der Waals surface area contributed by atoms with Crippen molar-refractivity contribution >= 4 is 35.6 Å². The number of nitrogens with one attached hydrogen (secondary N) is 1. The molecule has 2 atom stereocenters. The molecular formula is C19H21N3O6S. The van der Waals surface area contributed by atoms with Crippen molar-refractivity contribution in [2.24, 2.45) is 0 Å². The number of carbonyl (C=O) groups excluding carboxylic acids is 3. The number of benzene rings is 1. The van der Waals surface area contributed by atoms with Gasteiger partial charge in [0, 0.05) is 25.4 Å². The van der Waals surface area contributed by atoms with Gasteiger partial charge in [-0.05, 0) is 5.56 Å². The van der Waals surface area contributed by atoms with Gasteiger partial charge < -0.3 is 20.1 Å². The molecular weight excluding hydrogens is 398 g/mol. The Hall–Kier alpha value is -3.01. The molecule has 10 heteroatoms. The minimum atomic E-state index is -1.27. The average molecular weight is 419 g/mol. The summed E-state index contributed by atoms with van der Waals surface area (Å²) in [6.45, 7) is -0.215. The molecule has 3 amide bonds. The number of fused-ring (bicyclic) bond motifs is 1. The minimum absolute atomic E-state index is 0.134. The van der Waals surface area contributed by atoms with E-state index in [0.29, 0.717) is 5.57 Å². The van der Waals surface area contributed by atoms with Gasteiger partial charge in [-0.25, -0.2) is 9.59 Å². The van der Waals surface area contributed by atoms with Crippen LogP contribution in [0.4, 0.5) is 4.79 Å². The lowest BCUT2D eigenvalue weighted by atomic mass is 10.0. The largest absolute Gasteiger partial charge is 0.477 e. The topological polar surface area (TPSA) is 116 Å². The van der Waals surface area contributed by atoms with E-state index in [9.17, 15) is 24.3 Å². The van der Waals surface area contributed by atoms with Crippen LogP contribution >= 0.6 is 11.8 Å². The normalized spacial score (nSPS) is 20.5. The molecule has 0 aliphatic carbocycles. The zero-order valence-corrected chi connectivity index (χ0v) is 16.8. The lowest BCUT2D eigenvalue weighted by Gasteiger charge is -2.49. The molecule has 0 spiro atoms. The van der Waals surface area contributed by atoms with E-state index in [2.05, 4.69) is 5.32 Å². The molecule has 1 aromatic carbocycles. The van der Waals surface area contributed by atoms with Crippen LogP contribution in [0.25, 0.3) is 0 Å². The third-order valence-electron chi connectivity index (χ3n) is 4.51. The van der Waals surface area contributed by atoms with Crippen LogP contribution in [0.15, 0.2) is 41.6 Å². The van der Waals surface area contributed by atoms with Crippen molar-refractivity contribution < 1.29 is 29.0 Å². The lowest BCUT2D eigenvalue weighted by Crippen LogP contribution is -2.70. The maximum absolute atomic E-state index is 12.6. The lowest BCUT2D eigenvalue weighted by molar-refractivity contribution is -0.150. The third-order valence-corrected chi connectivity index (χ3v) is 5.85. The van der Waals surface area contributed by atoms with Crippen molar-refractivity contribution in [3.8, 4) is 0 Å². The van der Waals surface area contributed by atoms with E-state index in [-0.39, 0.29) is 30.4 Å². The molecule has 2 N–H and O–H groups in total. The molecule has 154 valence electrons. The zero-order valence-electron chi connectivity index (χ0n) is 16.0. The van der Waals surface area contributed by atoms with Crippen LogP contribution in [0, 0.1) is 0 Å². The average Bonchev–Trinajstić information content (AvgIpc) is 2.69. The summed E-state index contributed by atoms with van der Waals surface area (Å²) in [7, 11) is 3.03. The number of hydrogen-bond donors (Lipinski definition) is 2. The second kappa shape index (κ2) is 8.56. The third kappa shape index (κ3) is 4.37. The summed E-state index contributed by atoms with van der Waals surface area (Å²) in [5.41, 5.74) is 0.983. The Bertz CT molecular complexity index is 870. The van der Waals surface area contributed by atoms with E-state index in [0.717, 1.165) is 10.5 Å². The first-order valence-electron chi connectivity index (χ1n) is 8.87. The molecule has 9 nitrogen and oxygen atoms in total. The molecule has 2 aliphatic heterocycles. The van der Waals surface area contributed by atoms with Gasteiger partial charge >= 0.3 is 12.1 Å². The van der Waals surface area contributed by atoms with Crippen LogP contribution < -0.4 is 5.32 Å². The van der Waals surface area contributed by atoms with Crippen LogP contribution in [-0.4, -0.2) is 76.7 Å². The number of amides is 3. The summed E-state index contributed by atoms with van der Waals surface area (Å²) in [5.74, 6) is -1.78.